The number of nitrogens with one attached hydrogen (secondary N) is 1. The van der Waals surface area contributed by atoms with Crippen LogP contribution in [-0.2, 0) is 12.8 Å². The number of hydrogen-bond acceptors (Lipinski definition) is 3. The van der Waals surface area contributed by atoms with Crippen molar-refractivity contribution in [3.05, 3.63) is 39.4 Å². The molecule has 1 aromatic carbocycles. The SMILES string of the molecule is CNCn1c(Cl)nc2cccc(C(F)(F)F)c2c1=O. The van der Waals surface area contributed by atoms with Gasteiger partial charge in [0.25, 0.3) is 5.56 Å². The molecule has 19 heavy (non-hydrogen) atoms. The van der Waals surface area contributed by atoms with Crippen LogP contribution in [0.2, 0.25) is 5.28 Å². The highest BCUT2D eigenvalue weighted by Gasteiger charge is 2.34. The van der Waals surface area contributed by atoms with E-state index < -0.39 is 22.7 Å². The van der Waals surface area contributed by atoms with E-state index in [4.69, 9.17) is 11.6 Å². The number of alkyl halides is 3. The minimum absolute atomic E-state index is 0.0210. The molecule has 0 atom stereocenters. The summed E-state index contributed by atoms with van der Waals surface area (Å²) in [5.74, 6) is 0. The molecule has 2 aromatic rings. The molecule has 2 rings (SSSR count). The van der Waals surface area contributed by atoms with Crippen LogP contribution in [-0.4, -0.2) is 16.6 Å². The summed E-state index contributed by atoms with van der Waals surface area (Å²) < 4.78 is 39.6. The average molecular weight is 292 g/mol. The maximum absolute atomic E-state index is 12.9. The summed E-state index contributed by atoms with van der Waals surface area (Å²) in [5, 5.41) is 2.01. The average Bonchev–Trinajstić information content (AvgIpc) is 2.32. The molecule has 0 spiro atoms. The molecular formula is C11H9ClF3N3O. The molecule has 0 fully saturated rings. The van der Waals surface area contributed by atoms with E-state index in [9.17, 15) is 18.0 Å². The van der Waals surface area contributed by atoms with Gasteiger partial charge in [-0.25, -0.2) is 4.98 Å². The smallest absolute Gasteiger partial charge is 0.302 e. The van der Waals surface area contributed by atoms with Crippen LogP contribution in [0.3, 0.4) is 0 Å². The summed E-state index contributed by atoms with van der Waals surface area (Å²) in [5.41, 5.74) is -1.90. The summed E-state index contributed by atoms with van der Waals surface area (Å²) in [6, 6.07) is 3.36. The summed E-state index contributed by atoms with van der Waals surface area (Å²) in [4.78, 5) is 15.9. The van der Waals surface area contributed by atoms with Crippen molar-refractivity contribution >= 4 is 22.5 Å². The quantitative estimate of drug-likeness (QED) is 0.863. The Bertz CT molecular complexity index is 681. The van der Waals surface area contributed by atoms with E-state index in [-0.39, 0.29) is 17.5 Å². The zero-order valence-electron chi connectivity index (χ0n) is 9.75. The van der Waals surface area contributed by atoms with Crippen LogP contribution in [0.4, 0.5) is 13.2 Å². The lowest BCUT2D eigenvalue weighted by Crippen LogP contribution is -2.29. The van der Waals surface area contributed by atoms with Crippen LogP contribution in [0.1, 0.15) is 5.56 Å². The summed E-state index contributed by atoms with van der Waals surface area (Å²) in [7, 11) is 1.54. The number of halogens is 4. The Morgan fingerprint density at radius 3 is 2.68 bits per heavy atom. The Balaban J connectivity index is 2.89. The molecule has 4 nitrogen and oxygen atoms in total. The van der Waals surface area contributed by atoms with Crippen molar-refractivity contribution < 1.29 is 13.2 Å². The third-order valence-electron chi connectivity index (χ3n) is 2.56. The molecule has 1 heterocycles. The van der Waals surface area contributed by atoms with Gasteiger partial charge >= 0.3 is 6.18 Å². The van der Waals surface area contributed by atoms with Crippen LogP contribution < -0.4 is 10.9 Å². The number of benzene rings is 1. The lowest BCUT2D eigenvalue weighted by molar-refractivity contribution is -0.136. The van der Waals surface area contributed by atoms with Crippen LogP contribution >= 0.6 is 11.6 Å². The van der Waals surface area contributed by atoms with Crippen molar-refractivity contribution in [3.63, 3.8) is 0 Å². The molecule has 0 aliphatic heterocycles. The Labute approximate surface area is 110 Å². The minimum atomic E-state index is -4.62. The maximum atomic E-state index is 12.9. The Hall–Kier alpha value is -1.60. The van der Waals surface area contributed by atoms with Gasteiger partial charge in [0, 0.05) is 0 Å². The predicted octanol–water partition coefficient (Wildman–Crippen LogP) is 2.25. The van der Waals surface area contributed by atoms with Crippen molar-refractivity contribution in [1.82, 2.24) is 14.9 Å². The molecule has 1 aromatic heterocycles. The van der Waals surface area contributed by atoms with Gasteiger partial charge in [-0.15, -0.1) is 0 Å². The highest BCUT2D eigenvalue weighted by Crippen LogP contribution is 2.33. The summed E-state index contributed by atoms with van der Waals surface area (Å²) >= 11 is 5.78. The second-order valence-electron chi connectivity index (χ2n) is 3.82. The van der Waals surface area contributed by atoms with Gasteiger partial charge in [0.1, 0.15) is 0 Å². The van der Waals surface area contributed by atoms with Crippen molar-refractivity contribution in [2.45, 2.75) is 12.8 Å². The first-order valence-electron chi connectivity index (χ1n) is 5.27. The molecule has 0 saturated heterocycles. The molecule has 0 bridgehead atoms. The lowest BCUT2D eigenvalue weighted by Gasteiger charge is -2.12. The van der Waals surface area contributed by atoms with Crippen molar-refractivity contribution in [2.75, 3.05) is 7.05 Å². The molecule has 1 N–H and O–H groups in total. The van der Waals surface area contributed by atoms with Crippen LogP contribution in [0.5, 0.6) is 0 Å². The topological polar surface area (TPSA) is 46.9 Å². The fraction of sp³-hybridized carbons (Fsp3) is 0.273. The van der Waals surface area contributed by atoms with E-state index in [1.807, 2.05) is 0 Å². The fourth-order valence-corrected chi connectivity index (χ4v) is 2.00. The number of aromatic nitrogens is 2. The van der Waals surface area contributed by atoms with E-state index in [1.54, 1.807) is 7.05 Å². The van der Waals surface area contributed by atoms with Gasteiger partial charge < -0.3 is 5.32 Å². The molecule has 0 saturated carbocycles. The van der Waals surface area contributed by atoms with Crippen LogP contribution in [0.25, 0.3) is 10.9 Å². The van der Waals surface area contributed by atoms with Crippen molar-refractivity contribution in [3.8, 4) is 0 Å². The van der Waals surface area contributed by atoms with Gasteiger partial charge in [-0.2, -0.15) is 13.2 Å². The molecule has 0 radical (unpaired) electrons. The fourth-order valence-electron chi connectivity index (χ4n) is 1.77. The Morgan fingerprint density at radius 1 is 1.42 bits per heavy atom. The molecule has 0 amide bonds. The molecular weight excluding hydrogens is 283 g/mol. The monoisotopic (exact) mass is 291 g/mol. The zero-order chi connectivity index (χ0) is 14.2. The number of hydrogen-bond donors (Lipinski definition) is 1. The number of rotatable bonds is 2. The lowest BCUT2D eigenvalue weighted by atomic mass is 10.1. The first-order valence-corrected chi connectivity index (χ1v) is 5.65. The van der Waals surface area contributed by atoms with E-state index in [0.29, 0.717) is 0 Å². The standard InChI is InChI=1S/C11H9ClF3N3O/c1-16-5-18-9(19)8-6(11(13,14)15)3-2-4-7(8)17-10(18)12/h2-4,16H,5H2,1H3. The number of nitrogens with zero attached hydrogens (tertiary/aromatic N) is 2. The van der Waals surface area contributed by atoms with Crippen molar-refractivity contribution in [2.24, 2.45) is 0 Å². The molecule has 0 aliphatic rings. The van der Waals surface area contributed by atoms with Gasteiger partial charge in [0.2, 0.25) is 5.28 Å². The van der Waals surface area contributed by atoms with Gasteiger partial charge in [0.15, 0.2) is 0 Å². The predicted molar refractivity (Wildman–Crippen MR) is 65.1 cm³/mol. The summed E-state index contributed by atoms with van der Waals surface area (Å²) in [6.07, 6.45) is -4.62. The second-order valence-corrected chi connectivity index (χ2v) is 4.16. The minimum Gasteiger partial charge on any atom is -0.302 e. The zero-order valence-corrected chi connectivity index (χ0v) is 10.5. The third kappa shape index (κ3) is 2.43. The molecule has 0 aliphatic carbocycles. The van der Waals surface area contributed by atoms with Crippen LogP contribution in [0.15, 0.2) is 23.0 Å². The highest BCUT2D eigenvalue weighted by molar-refractivity contribution is 6.28. The maximum Gasteiger partial charge on any atom is 0.417 e. The van der Waals surface area contributed by atoms with E-state index in [0.717, 1.165) is 10.6 Å². The van der Waals surface area contributed by atoms with Crippen molar-refractivity contribution in [1.29, 1.82) is 0 Å². The summed E-state index contributed by atoms with van der Waals surface area (Å²) in [6.45, 7) is -0.0210. The normalized spacial score (nSPS) is 12.1. The molecule has 8 heteroatoms. The van der Waals surface area contributed by atoms with Gasteiger partial charge in [0.05, 0.1) is 23.1 Å². The van der Waals surface area contributed by atoms with Gasteiger partial charge in [-0.05, 0) is 30.8 Å². The highest BCUT2D eigenvalue weighted by atomic mass is 35.5. The van der Waals surface area contributed by atoms with Gasteiger partial charge in [-0.1, -0.05) is 6.07 Å². The van der Waals surface area contributed by atoms with Crippen LogP contribution in [0, 0.1) is 0 Å². The van der Waals surface area contributed by atoms with E-state index >= 15 is 0 Å². The first-order chi connectivity index (χ1) is 8.86. The molecule has 0 unspecified atom stereocenters. The van der Waals surface area contributed by atoms with Gasteiger partial charge in [-0.3, -0.25) is 9.36 Å². The first kappa shape index (κ1) is 13.8. The number of fused-ring (bicyclic) bond motifs is 1. The Kier molecular flexibility index (Phi) is 3.51. The molecule has 102 valence electrons. The van der Waals surface area contributed by atoms with E-state index in [2.05, 4.69) is 10.3 Å². The largest absolute Gasteiger partial charge is 0.417 e. The third-order valence-corrected chi connectivity index (χ3v) is 2.85. The Morgan fingerprint density at radius 2 is 2.11 bits per heavy atom. The van der Waals surface area contributed by atoms with E-state index in [1.165, 1.54) is 12.1 Å². The second kappa shape index (κ2) is 4.82.